The second-order valence-corrected chi connectivity index (χ2v) is 9.50. The average molecular weight is 466 g/mol. The van der Waals surface area contributed by atoms with Crippen LogP contribution in [0.3, 0.4) is 0 Å². The van der Waals surface area contributed by atoms with Crippen molar-refractivity contribution in [1.29, 1.82) is 0 Å². The number of para-hydroxylation sites is 1. The first-order valence-corrected chi connectivity index (χ1v) is 11.9. The van der Waals surface area contributed by atoms with Gasteiger partial charge in [0.05, 0.1) is 10.6 Å². The number of anilines is 2. The van der Waals surface area contributed by atoms with E-state index in [0.29, 0.717) is 22.2 Å². The molecule has 32 heavy (non-hydrogen) atoms. The van der Waals surface area contributed by atoms with Crippen LogP contribution in [0.15, 0.2) is 71.2 Å². The lowest BCUT2D eigenvalue weighted by Gasteiger charge is -2.13. The zero-order valence-electron chi connectivity index (χ0n) is 17.2. The van der Waals surface area contributed by atoms with Crippen molar-refractivity contribution >= 4 is 38.6 Å². The van der Waals surface area contributed by atoms with Gasteiger partial charge in [0, 0.05) is 23.5 Å². The number of nitrogens with one attached hydrogen (secondary N) is 2. The third kappa shape index (κ3) is 4.66. The lowest BCUT2D eigenvalue weighted by atomic mass is 10.1. The van der Waals surface area contributed by atoms with E-state index in [1.165, 1.54) is 35.6 Å². The van der Waals surface area contributed by atoms with E-state index in [-0.39, 0.29) is 10.6 Å². The monoisotopic (exact) mass is 465 g/mol. The first-order valence-electron chi connectivity index (χ1n) is 9.57. The van der Waals surface area contributed by atoms with Gasteiger partial charge in [-0.15, -0.1) is 11.3 Å². The van der Waals surface area contributed by atoms with Gasteiger partial charge in [0.2, 0.25) is 0 Å². The largest absolute Gasteiger partial charge is 0.321 e. The van der Waals surface area contributed by atoms with Crippen LogP contribution in [0.2, 0.25) is 0 Å². The topological polar surface area (TPSA) is 114 Å². The second-order valence-electron chi connectivity index (χ2n) is 6.96. The summed E-state index contributed by atoms with van der Waals surface area (Å²) < 4.78 is 28.2. The highest BCUT2D eigenvalue weighted by Crippen LogP contribution is 2.25. The smallest absolute Gasteiger partial charge is 0.275 e. The Labute approximate surface area is 189 Å². The molecular formula is C22H19N5O3S2. The maximum absolute atomic E-state index is 12.8. The minimum atomic E-state index is -3.77. The summed E-state index contributed by atoms with van der Waals surface area (Å²) in [5.41, 5.74) is 2.91. The summed E-state index contributed by atoms with van der Waals surface area (Å²) in [6.07, 6.45) is 3.21. The van der Waals surface area contributed by atoms with Crippen LogP contribution in [0.4, 0.5) is 11.4 Å². The third-order valence-electron chi connectivity index (χ3n) is 4.63. The Morgan fingerprint density at radius 2 is 1.59 bits per heavy atom. The number of hydrogen-bond acceptors (Lipinski definition) is 7. The van der Waals surface area contributed by atoms with Crippen molar-refractivity contribution in [3.8, 4) is 10.8 Å². The summed E-state index contributed by atoms with van der Waals surface area (Å²) in [5.74, 6) is 0.0372. The molecule has 2 N–H and O–H groups in total. The molecule has 0 saturated carbocycles. The van der Waals surface area contributed by atoms with Crippen molar-refractivity contribution in [2.45, 2.75) is 18.7 Å². The van der Waals surface area contributed by atoms with E-state index >= 15 is 0 Å². The number of amides is 1. The van der Waals surface area contributed by atoms with Gasteiger partial charge >= 0.3 is 0 Å². The number of aryl methyl sites for hydroxylation is 2. The molecule has 0 aliphatic heterocycles. The normalized spacial score (nSPS) is 11.2. The lowest BCUT2D eigenvalue weighted by molar-refractivity contribution is 0.102. The molecule has 4 aromatic rings. The van der Waals surface area contributed by atoms with Gasteiger partial charge in [-0.25, -0.2) is 23.4 Å². The van der Waals surface area contributed by atoms with Crippen LogP contribution >= 0.6 is 11.3 Å². The van der Waals surface area contributed by atoms with Crippen LogP contribution in [0, 0.1) is 13.8 Å². The van der Waals surface area contributed by atoms with Crippen molar-refractivity contribution in [3.63, 3.8) is 0 Å². The van der Waals surface area contributed by atoms with Crippen molar-refractivity contribution < 1.29 is 13.2 Å². The van der Waals surface area contributed by atoms with Crippen LogP contribution in [-0.4, -0.2) is 29.3 Å². The fraction of sp³-hybridized carbons (Fsp3) is 0.0909. The van der Waals surface area contributed by atoms with Crippen LogP contribution in [0.1, 0.15) is 21.6 Å². The fourth-order valence-corrected chi connectivity index (χ4v) is 4.92. The highest BCUT2D eigenvalue weighted by Gasteiger charge is 2.17. The number of benzene rings is 2. The van der Waals surface area contributed by atoms with Gasteiger partial charge in [-0.05, 0) is 55.3 Å². The van der Waals surface area contributed by atoms with Gasteiger partial charge in [0.25, 0.3) is 15.9 Å². The number of sulfonamides is 1. The molecule has 162 valence electrons. The summed E-state index contributed by atoms with van der Waals surface area (Å²) in [6.45, 7) is 3.69. The Hall–Kier alpha value is -3.63. The summed E-state index contributed by atoms with van der Waals surface area (Å²) in [6, 6.07) is 13.2. The highest BCUT2D eigenvalue weighted by molar-refractivity contribution is 7.92. The molecule has 0 unspecified atom stereocenters. The molecule has 0 spiro atoms. The van der Waals surface area contributed by atoms with E-state index in [9.17, 15) is 13.2 Å². The molecule has 0 atom stereocenters. The van der Waals surface area contributed by atoms with Gasteiger partial charge in [-0.2, -0.15) is 0 Å². The summed E-state index contributed by atoms with van der Waals surface area (Å²) in [4.78, 5) is 25.1. The zero-order chi connectivity index (χ0) is 22.7. The number of carbonyl (C=O) groups excluding carboxylic acids is 1. The molecular weight excluding hydrogens is 446 g/mol. The summed E-state index contributed by atoms with van der Waals surface area (Å²) in [7, 11) is -3.77. The van der Waals surface area contributed by atoms with Gasteiger partial charge in [-0.1, -0.05) is 18.2 Å². The summed E-state index contributed by atoms with van der Waals surface area (Å²) in [5, 5.41) is 4.87. The van der Waals surface area contributed by atoms with Crippen LogP contribution in [-0.2, 0) is 10.0 Å². The Kier molecular flexibility index (Phi) is 5.97. The molecule has 1 amide bonds. The maximum Gasteiger partial charge on any atom is 0.275 e. The molecule has 2 aromatic heterocycles. The van der Waals surface area contributed by atoms with E-state index in [2.05, 4.69) is 25.0 Å². The summed E-state index contributed by atoms with van der Waals surface area (Å²) >= 11 is 1.27. The minimum absolute atomic E-state index is 0.0929. The standard InChI is InChI=1S/C22H19N5O3S2/c1-14-5-3-6-15(2)19(14)27-32(29,30)17-9-7-16(8-10-17)25-21(28)18-13-31-22(26-18)20-23-11-4-12-24-20/h3-13,27H,1-2H3,(H,25,28). The van der Waals surface area contributed by atoms with E-state index < -0.39 is 15.9 Å². The van der Waals surface area contributed by atoms with Crippen molar-refractivity contribution in [3.05, 3.63) is 83.1 Å². The molecule has 4 rings (SSSR count). The second kappa shape index (κ2) is 8.85. The fourth-order valence-electron chi connectivity index (χ4n) is 2.97. The predicted molar refractivity (Wildman–Crippen MR) is 124 cm³/mol. The molecule has 0 radical (unpaired) electrons. The van der Waals surface area contributed by atoms with E-state index in [4.69, 9.17) is 0 Å². The quantitative estimate of drug-likeness (QED) is 0.440. The average Bonchev–Trinajstić information content (AvgIpc) is 3.28. The number of hydrogen-bond donors (Lipinski definition) is 2. The Morgan fingerprint density at radius 1 is 0.938 bits per heavy atom. The van der Waals surface area contributed by atoms with Crippen molar-refractivity contribution in [1.82, 2.24) is 15.0 Å². The highest BCUT2D eigenvalue weighted by atomic mass is 32.2. The molecule has 0 fully saturated rings. The zero-order valence-corrected chi connectivity index (χ0v) is 18.9. The first-order chi connectivity index (χ1) is 15.3. The van der Waals surface area contributed by atoms with Crippen LogP contribution in [0.25, 0.3) is 10.8 Å². The Morgan fingerprint density at radius 3 is 2.25 bits per heavy atom. The van der Waals surface area contributed by atoms with E-state index in [0.717, 1.165) is 11.1 Å². The van der Waals surface area contributed by atoms with Crippen LogP contribution < -0.4 is 10.0 Å². The predicted octanol–water partition coefficient (Wildman–Crippen LogP) is 4.27. The van der Waals surface area contributed by atoms with Crippen molar-refractivity contribution in [2.75, 3.05) is 10.0 Å². The molecule has 8 nitrogen and oxygen atoms in total. The van der Waals surface area contributed by atoms with E-state index in [1.54, 1.807) is 23.8 Å². The molecule has 0 aliphatic rings. The third-order valence-corrected chi connectivity index (χ3v) is 6.84. The number of nitrogens with zero attached hydrogens (tertiary/aromatic N) is 3. The van der Waals surface area contributed by atoms with Gasteiger partial charge in [-0.3, -0.25) is 9.52 Å². The van der Waals surface area contributed by atoms with Crippen molar-refractivity contribution in [2.24, 2.45) is 0 Å². The Bertz CT molecular complexity index is 1350. The maximum atomic E-state index is 12.8. The van der Waals surface area contributed by atoms with Gasteiger partial charge < -0.3 is 5.32 Å². The van der Waals surface area contributed by atoms with Crippen LogP contribution in [0.5, 0.6) is 0 Å². The lowest BCUT2D eigenvalue weighted by Crippen LogP contribution is -2.15. The molecule has 2 aromatic carbocycles. The SMILES string of the molecule is Cc1cccc(C)c1NS(=O)(=O)c1ccc(NC(=O)c2csc(-c3ncccn3)n2)cc1. The van der Waals surface area contributed by atoms with Gasteiger partial charge in [0.15, 0.2) is 10.8 Å². The molecule has 0 bridgehead atoms. The van der Waals surface area contributed by atoms with E-state index in [1.807, 2.05) is 32.0 Å². The first kappa shape index (κ1) is 21.6. The number of carbonyl (C=O) groups is 1. The molecule has 2 heterocycles. The van der Waals surface area contributed by atoms with Gasteiger partial charge in [0.1, 0.15) is 5.69 Å². The number of aromatic nitrogens is 3. The number of thiazole rings is 1. The number of rotatable bonds is 6. The molecule has 10 heteroatoms. The molecule has 0 aliphatic carbocycles. The molecule has 0 saturated heterocycles. The minimum Gasteiger partial charge on any atom is -0.321 e. The Balaban J connectivity index is 1.47.